The van der Waals surface area contributed by atoms with Crippen LogP contribution in [0, 0.1) is 9.49 Å². The van der Waals surface area contributed by atoms with Gasteiger partial charge in [-0.15, -0.1) is 0 Å². The van der Waals surface area contributed by atoms with Crippen LogP contribution in [0.5, 0.6) is 5.75 Å². The third-order valence-electron chi connectivity index (χ3n) is 2.52. The number of halogens is 1. The monoisotopic (exact) mass is 304 g/mol. The van der Waals surface area contributed by atoms with Gasteiger partial charge >= 0.3 is 0 Å². The highest BCUT2D eigenvalue weighted by atomic mass is 127. The first-order valence-corrected chi connectivity index (χ1v) is 6.07. The Kier molecular flexibility index (Phi) is 4.72. The standard InChI is InChI=1S/C12H17IO/c1-4-9(2)7-10-8-11(14-3)5-6-12(10)13/h5-6,8-9H,4,7H2,1-3H3/t9-/m1/s1. The van der Waals surface area contributed by atoms with Crippen molar-refractivity contribution in [3.05, 3.63) is 27.3 Å². The number of hydrogen-bond donors (Lipinski definition) is 0. The van der Waals surface area contributed by atoms with Crippen molar-refractivity contribution in [3.8, 4) is 5.75 Å². The van der Waals surface area contributed by atoms with Crippen LogP contribution in [0.4, 0.5) is 0 Å². The van der Waals surface area contributed by atoms with Crippen LogP contribution in [0.3, 0.4) is 0 Å². The summed E-state index contributed by atoms with van der Waals surface area (Å²) in [6.45, 7) is 4.52. The van der Waals surface area contributed by atoms with Gasteiger partial charge in [0, 0.05) is 3.57 Å². The minimum absolute atomic E-state index is 0.746. The van der Waals surface area contributed by atoms with Crippen LogP contribution < -0.4 is 4.74 Å². The molecule has 1 aromatic carbocycles. The largest absolute Gasteiger partial charge is 0.497 e. The summed E-state index contributed by atoms with van der Waals surface area (Å²) in [5.41, 5.74) is 1.40. The van der Waals surface area contributed by atoms with E-state index in [1.54, 1.807) is 7.11 Å². The Labute approximate surface area is 100.0 Å². The van der Waals surface area contributed by atoms with E-state index in [-0.39, 0.29) is 0 Å². The third-order valence-corrected chi connectivity index (χ3v) is 3.57. The first kappa shape index (κ1) is 11.8. The highest BCUT2D eigenvalue weighted by molar-refractivity contribution is 14.1. The van der Waals surface area contributed by atoms with Crippen molar-refractivity contribution < 1.29 is 4.74 Å². The van der Waals surface area contributed by atoms with Crippen LogP contribution in [0.2, 0.25) is 0 Å². The highest BCUT2D eigenvalue weighted by Gasteiger charge is 2.06. The number of methoxy groups -OCH3 is 1. The zero-order chi connectivity index (χ0) is 10.6. The van der Waals surface area contributed by atoms with Crippen LogP contribution in [0.25, 0.3) is 0 Å². The molecule has 0 saturated heterocycles. The minimum Gasteiger partial charge on any atom is -0.497 e. The van der Waals surface area contributed by atoms with Crippen LogP contribution in [-0.2, 0) is 6.42 Å². The summed E-state index contributed by atoms with van der Waals surface area (Å²) < 4.78 is 6.56. The van der Waals surface area contributed by atoms with Gasteiger partial charge in [-0.1, -0.05) is 20.3 Å². The summed E-state index contributed by atoms with van der Waals surface area (Å²) in [7, 11) is 1.72. The molecule has 0 saturated carbocycles. The molecule has 0 fully saturated rings. The molecule has 0 aliphatic heterocycles. The molecular weight excluding hydrogens is 287 g/mol. The molecule has 0 bridgehead atoms. The molecule has 0 heterocycles. The second kappa shape index (κ2) is 5.59. The van der Waals surface area contributed by atoms with E-state index in [4.69, 9.17) is 4.74 Å². The van der Waals surface area contributed by atoms with Crippen molar-refractivity contribution in [2.75, 3.05) is 7.11 Å². The maximum absolute atomic E-state index is 5.22. The number of hydrogen-bond acceptors (Lipinski definition) is 1. The highest BCUT2D eigenvalue weighted by Crippen LogP contribution is 2.22. The molecule has 0 spiro atoms. The van der Waals surface area contributed by atoms with Crippen molar-refractivity contribution in [2.45, 2.75) is 26.7 Å². The van der Waals surface area contributed by atoms with E-state index in [9.17, 15) is 0 Å². The Balaban J connectivity index is 2.83. The normalized spacial score (nSPS) is 12.6. The zero-order valence-electron chi connectivity index (χ0n) is 9.01. The molecule has 1 rings (SSSR count). The second-order valence-corrected chi connectivity index (χ2v) is 4.84. The average Bonchev–Trinajstić information content (AvgIpc) is 2.21. The quantitative estimate of drug-likeness (QED) is 0.767. The van der Waals surface area contributed by atoms with E-state index in [0.29, 0.717) is 0 Å². The molecule has 0 radical (unpaired) electrons. The van der Waals surface area contributed by atoms with E-state index in [2.05, 4.69) is 48.6 Å². The SMILES string of the molecule is CC[C@@H](C)Cc1cc(OC)ccc1I. The maximum Gasteiger partial charge on any atom is 0.119 e. The van der Waals surface area contributed by atoms with Crippen molar-refractivity contribution >= 4 is 22.6 Å². The van der Waals surface area contributed by atoms with Crippen molar-refractivity contribution in [2.24, 2.45) is 5.92 Å². The van der Waals surface area contributed by atoms with Gasteiger partial charge < -0.3 is 4.74 Å². The van der Waals surface area contributed by atoms with Gasteiger partial charge in [0.15, 0.2) is 0 Å². The summed E-state index contributed by atoms with van der Waals surface area (Å²) in [5.74, 6) is 1.71. The van der Waals surface area contributed by atoms with Crippen molar-refractivity contribution in [1.29, 1.82) is 0 Å². The van der Waals surface area contributed by atoms with Gasteiger partial charge in [0.25, 0.3) is 0 Å². The fraction of sp³-hybridized carbons (Fsp3) is 0.500. The smallest absolute Gasteiger partial charge is 0.119 e. The predicted octanol–water partition coefficient (Wildman–Crippen LogP) is 3.89. The Morgan fingerprint density at radius 2 is 2.14 bits per heavy atom. The van der Waals surface area contributed by atoms with Gasteiger partial charge in [-0.05, 0) is 58.7 Å². The van der Waals surface area contributed by atoms with Gasteiger partial charge in [-0.2, -0.15) is 0 Å². The third kappa shape index (κ3) is 3.15. The summed E-state index contributed by atoms with van der Waals surface area (Å²) >= 11 is 2.39. The Bertz CT molecular complexity index is 296. The van der Waals surface area contributed by atoms with E-state index in [0.717, 1.165) is 18.1 Å². The van der Waals surface area contributed by atoms with Crippen LogP contribution in [0.15, 0.2) is 18.2 Å². The summed E-state index contributed by atoms with van der Waals surface area (Å²) in [4.78, 5) is 0. The molecule has 0 aliphatic rings. The molecule has 1 atom stereocenters. The van der Waals surface area contributed by atoms with E-state index in [1.807, 2.05) is 6.07 Å². The molecule has 0 N–H and O–H groups in total. The number of rotatable bonds is 4. The first-order chi connectivity index (χ1) is 6.67. The van der Waals surface area contributed by atoms with Gasteiger partial charge in [0.05, 0.1) is 7.11 Å². The van der Waals surface area contributed by atoms with Crippen LogP contribution in [-0.4, -0.2) is 7.11 Å². The lowest BCUT2D eigenvalue weighted by molar-refractivity contribution is 0.413. The molecule has 0 aliphatic carbocycles. The van der Waals surface area contributed by atoms with Crippen LogP contribution >= 0.6 is 22.6 Å². The Morgan fingerprint density at radius 1 is 1.43 bits per heavy atom. The fourth-order valence-corrected chi connectivity index (χ4v) is 1.91. The number of ether oxygens (including phenoxy) is 1. The molecule has 2 heteroatoms. The first-order valence-electron chi connectivity index (χ1n) is 4.99. The van der Waals surface area contributed by atoms with Gasteiger partial charge in [0.2, 0.25) is 0 Å². The fourth-order valence-electron chi connectivity index (χ4n) is 1.35. The maximum atomic E-state index is 5.22. The molecule has 78 valence electrons. The average molecular weight is 304 g/mol. The molecule has 1 aromatic rings. The lowest BCUT2D eigenvalue weighted by Gasteiger charge is -2.11. The van der Waals surface area contributed by atoms with E-state index >= 15 is 0 Å². The number of benzene rings is 1. The molecule has 0 aromatic heterocycles. The van der Waals surface area contributed by atoms with E-state index in [1.165, 1.54) is 15.6 Å². The lowest BCUT2D eigenvalue weighted by Crippen LogP contribution is -2.00. The second-order valence-electron chi connectivity index (χ2n) is 3.67. The lowest BCUT2D eigenvalue weighted by atomic mass is 9.99. The molecule has 0 amide bonds. The predicted molar refractivity (Wildman–Crippen MR) is 68.9 cm³/mol. The molecular formula is C12H17IO. The molecule has 1 nitrogen and oxygen atoms in total. The zero-order valence-corrected chi connectivity index (χ0v) is 11.2. The molecule has 14 heavy (non-hydrogen) atoms. The molecule has 0 unspecified atom stereocenters. The summed E-state index contributed by atoms with van der Waals surface area (Å²) in [6.07, 6.45) is 2.37. The van der Waals surface area contributed by atoms with Crippen LogP contribution in [0.1, 0.15) is 25.8 Å². The summed E-state index contributed by atoms with van der Waals surface area (Å²) in [6, 6.07) is 6.28. The van der Waals surface area contributed by atoms with Crippen molar-refractivity contribution in [1.82, 2.24) is 0 Å². The topological polar surface area (TPSA) is 9.23 Å². The van der Waals surface area contributed by atoms with Gasteiger partial charge in [0.1, 0.15) is 5.75 Å². The minimum atomic E-state index is 0.746. The van der Waals surface area contributed by atoms with Crippen molar-refractivity contribution in [3.63, 3.8) is 0 Å². The Hall–Kier alpha value is -0.250. The van der Waals surface area contributed by atoms with E-state index < -0.39 is 0 Å². The Morgan fingerprint density at radius 3 is 2.71 bits per heavy atom. The van der Waals surface area contributed by atoms with Gasteiger partial charge in [-0.3, -0.25) is 0 Å². The van der Waals surface area contributed by atoms with Gasteiger partial charge in [-0.25, -0.2) is 0 Å². The summed E-state index contributed by atoms with van der Waals surface area (Å²) in [5, 5.41) is 0.